The van der Waals surface area contributed by atoms with Crippen molar-refractivity contribution in [2.24, 2.45) is 0 Å². The standard InChI is InChI=1S/C27H29NO7/c29-26(30,21-13-14-23-24(16-21)34-18-33-23)27(31,32)28-15-7-12-22(17-28)35-25(19-8-3-1-4-9-19)20-10-5-2-6-11-20/h1-6,8-11,13-14,16,22,25,29-32H,7,12,15,17-18H2. The fourth-order valence-electron chi connectivity index (χ4n) is 4.66. The molecule has 35 heavy (non-hydrogen) atoms. The minimum atomic E-state index is -2.99. The number of nitrogens with zero attached hydrogens (tertiary/aromatic N) is 1. The second-order valence-corrected chi connectivity index (χ2v) is 8.92. The molecule has 3 aromatic carbocycles. The van der Waals surface area contributed by atoms with E-state index in [4.69, 9.17) is 14.2 Å². The molecule has 1 unspecified atom stereocenters. The summed E-state index contributed by atoms with van der Waals surface area (Å²) in [5.74, 6) is -5.21. The van der Waals surface area contributed by atoms with Gasteiger partial charge in [-0.05, 0) is 42.2 Å². The summed E-state index contributed by atoms with van der Waals surface area (Å²) in [5, 5.41) is 43.8. The first-order valence-corrected chi connectivity index (χ1v) is 11.7. The summed E-state index contributed by atoms with van der Waals surface area (Å²) in [6.45, 7) is 0.361. The summed E-state index contributed by atoms with van der Waals surface area (Å²) in [4.78, 5) is 1.23. The van der Waals surface area contributed by atoms with Crippen molar-refractivity contribution in [1.82, 2.24) is 4.90 Å². The average molecular weight is 480 g/mol. The topological polar surface area (TPSA) is 112 Å². The zero-order valence-corrected chi connectivity index (χ0v) is 19.2. The highest BCUT2D eigenvalue weighted by Crippen LogP contribution is 2.40. The minimum Gasteiger partial charge on any atom is -0.454 e. The monoisotopic (exact) mass is 479 g/mol. The normalized spacial score (nSPS) is 18.7. The van der Waals surface area contributed by atoms with Gasteiger partial charge in [0.05, 0.1) is 6.10 Å². The molecule has 2 aliphatic heterocycles. The number of ether oxygens (including phenoxy) is 3. The van der Waals surface area contributed by atoms with Crippen molar-refractivity contribution in [1.29, 1.82) is 0 Å². The van der Waals surface area contributed by atoms with Gasteiger partial charge in [-0.25, -0.2) is 4.90 Å². The highest BCUT2D eigenvalue weighted by molar-refractivity contribution is 5.46. The predicted octanol–water partition coefficient (Wildman–Crippen LogP) is 2.46. The number of rotatable bonds is 7. The molecule has 0 aromatic heterocycles. The van der Waals surface area contributed by atoms with E-state index in [1.807, 2.05) is 60.7 Å². The number of hydrogen-bond donors (Lipinski definition) is 4. The lowest BCUT2D eigenvalue weighted by Gasteiger charge is -2.46. The van der Waals surface area contributed by atoms with Crippen LogP contribution >= 0.6 is 0 Å². The summed E-state index contributed by atoms with van der Waals surface area (Å²) >= 11 is 0. The van der Waals surface area contributed by atoms with Gasteiger partial charge in [0.1, 0.15) is 6.10 Å². The van der Waals surface area contributed by atoms with Crippen LogP contribution in [0.5, 0.6) is 11.5 Å². The second kappa shape index (κ2) is 9.58. The SMILES string of the molecule is OC(O)(c1ccc2c(c1)OCO2)C(O)(O)N1CCCC(OC(c2ccccc2)c2ccccc2)C1. The van der Waals surface area contributed by atoms with Crippen LogP contribution in [0.1, 0.15) is 35.6 Å². The van der Waals surface area contributed by atoms with Crippen LogP contribution in [0.15, 0.2) is 78.9 Å². The molecule has 0 aliphatic carbocycles. The third-order valence-electron chi connectivity index (χ3n) is 6.60. The van der Waals surface area contributed by atoms with Gasteiger partial charge in [-0.15, -0.1) is 0 Å². The van der Waals surface area contributed by atoms with Crippen LogP contribution in [-0.2, 0) is 10.5 Å². The van der Waals surface area contributed by atoms with Crippen LogP contribution in [-0.4, -0.2) is 57.2 Å². The number of aliphatic hydroxyl groups is 4. The Bertz CT molecular complexity index is 1100. The van der Waals surface area contributed by atoms with Crippen LogP contribution in [0, 0.1) is 0 Å². The van der Waals surface area contributed by atoms with Crippen molar-refractivity contribution >= 4 is 0 Å². The Morgan fingerprint density at radius 3 is 2.11 bits per heavy atom. The Balaban J connectivity index is 1.36. The molecule has 8 heteroatoms. The molecule has 4 N–H and O–H groups in total. The van der Waals surface area contributed by atoms with E-state index >= 15 is 0 Å². The minimum absolute atomic E-state index is 0.0151. The maximum Gasteiger partial charge on any atom is 0.286 e. The van der Waals surface area contributed by atoms with Crippen molar-refractivity contribution in [3.05, 3.63) is 95.6 Å². The number of hydrogen-bond acceptors (Lipinski definition) is 8. The molecule has 0 radical (unpaired) electrons. The van der Waals surface area contributed by atoms with Gasteiger partial charge in [0.15, 0.2) is 11.5 Å². The molecule has 1 fully saturated rings. The van der Waals surface area contributed by atoms with Crippen molar-refractivity contribution in [2.45, 2.75) is 36.7 Å². The molecule has 2 heterocycles. The fraction of sp³-hybridized carbons (Fsp3) is 0.333. The summed E-state index contributed by atoms with van der Waals surface area (Å²) < 4.78 is 17.1. The molecule has 0 saturated carbocycles. The first kappa shape index (κ1) is 23.7. The van der Waals surface area contributed by atoms with Gasteiger partial charge in [0.2, 0.25) is 6.79 Å². The molecule has 0 bridgehead atoms. The molecule has 2 aliphatic rings. The third-order valence-corrected chi connectivity index (χ3v) is 6.60. The second-order valence-electron chi connectivity index (χ2n) is 8.92. The average Bonchev–Trinajstić information content (AvgIpc) is 3.36. The van der Waals surface area contributed by atoms with E-state index in [0.717, 1.165) is 11.1 Å². The van der Waals surface area contributed by atoms with E-state index < -0.39 is 11.7 Å². The Labute approximate surface area is 203 Å². The smallest absolute Gasteiger partial charge is 0.286 e. The quantitative estimate of drug-likeness (QED) is 0.383. The van der Waals surface area contributed by atoms with Crippen LogP contribution < -0.4 is 9.47 Å². The molecule has 0 amide bonds. The van der Waals surface area contributed by atoms with Crippen LogP contribution in [0.3, 0.4) is 0 Å². The van der Waals surface area contributed by atoms with Gasteiger partial charge in [-0.1, -0.05) is 60.7 Å². The van der Waals surface area contributed by atoms with Gasteiger partial charge >= 0.3 is 0 Å². The highest BCUT2D eigenvalue weighted by atomic mass is 16.7. The van der Waals surface area contributed by atoms with Crippen molar-refractivity contribution in [3.63, 3.8) is 0 Å². The van der Waals surface area contributed by atoms with E-state index in [2.05, 4.69) is 0 Å². The molecule has 8 nitrogen and oxygen atoms in total. The van der Waals surface area contributed by atoms with Crippen LogP contribution in [0.2, 0.25) is 0 Å². The first-order valence-electron chi connectivity index (χ1n) is 11.7. The Morgan fingerprint density at radius 2 is 1.46 bits per heavy atom. The number of benzene rings is 3. The van der Waals surface area contributed by atoms with E-state index in [1.54, 1.807) is 0 Å². The predicted molar refractivity (Wildman–Crippen MR) is 126 cm³/mol. The molecule has 5 rings (SSSR count). The van der Waals surface area contributed by atoms with Crippen LogP contribution in [0.4, 0.5) is 0 Å². The summed E-state index contributed by atoms with van der Waals surface area (Å²) in [7, 11) is 0. The van der Waals surface area contributed by atoms with Crippen molar-refractivity contribution < 1.29 is 34.6 Å². The van der Waals surface area contributed by atoms with Gasteiger partial charge in [0, 0.05) is 18.7 Å². The Morgan fingerprint density at radius 1 is 0.829 bits per heavy atom. The van der Waals surface area contributed by atoms with Crippen LogP contribution in [0.25, 0.3) is 0 Å². The lowest BCUT2D eigenvalue weighted by molar-refractivity contribution is -0.425. The fourth-order valence-corrected chi connectivity index (χ4v) is 4.66. The number of piperidine rings is 1. The van der Waals surface area contributed by atoms with Gasteiger partial charge in [0.25, 0.3) is 11.7 Å². The number of likely N-dealkylation sites (tertiary alicyclic amines) is 1. The summed E-state index contributed by atoms with van der Waals surface area (Å²) in [5.41, 5.74) is 1.84. The number of fused-ring (bicyclic) bond motifs is 1. The zero-order chi connectivity index (χ0) is 24.5. The van der Waals surface area contributed by atoms with Crippen molar-refractivity contribution in [2.75, 3.05) is 19.9 Å². The Kier molecular flexibility index (Phi) is 6.50. The lowest BCUT2D eigenvalue weighted by Crippen LogP contribution is -2.65. The maximum absolute atomic E-state index is 11.0. The highest BCUT2D eigenvalue weighted by Gasteiger charge is 2.54. The molecule has 1 saturated heterocycles. The molecule has 0 spiro atoms. The third kappa shape index (κ3) is 4.64. The van der Waals surface area contributed by atoms with Crippen molar-refractivity contribution in [3.8, 4) is 11.5 Å². The first-order chi connectivity index (χ1) is 16.9. The zero-order valence-electron chi connectivity index (χ0n) is 19.2. The summed E-state index contributed by atoms with van der Waals surface area (Å²) in [6.07, 6.45) is 0.550. The van der Waals surface area contributed by atoms with Gasteiger partial charge in [-0.2, -0.15) is 0 Å². The van der Waals surface area contributed by atoms with E-state index in [0.29, 0.717) is 24.3 Å². The molecule has 3 aromatic rings. The van der Waals surface area contributed by atoms with E-state index in [1.165, 1.54) is 23.1 Å². The molecule has 184 valence electrons. The Hall–Kier alpha value is -2.98. The van der Waals surface area contributed by atoms with E-state index in [-0.39, 0.29) is 37.7 Å². The van der Waals surface area contributed by atoms with Gasteiger partial charge < -0.3 is 34.6 Å². The maximum atomic E-state index is 11.0. The largest absolute Gasteiger partial charge is 0.454 e. The molecular weight excluding hydrogens is 450 g/mol. The summed E-state index contributed by atoms with van der Waals surface area (Å²) in [6, 6.07) is 23.9. The van der Waals surface area contributed by atoms with Gasteiger partial charge in [-0.3, -0.25) is 0 Å². The lowest BCUT2D eigenvalue weighted by atomic mass is 9.97. The molecular formula is C27H29NO7. The van der Waals surface area contributed by atoms with E-state index in [9.17, 15) is 20.4 Å². The molecule has 1 atom stereocenters.